The van der Waals surface area contributed by atoms with Crippen LogP contribution in [-0.4, -0.2) is 17.9 Å². The Morgan fingerprint density at radius 2 is 2.07 bits per heavy atom. The number of alkyl halides is 1. The number of hydrogen-bond acceptors (Lipinski definition) is 1. The Balaban J connectivity index is 2.43. The molecule has 1 saturated carbocycles. The van der Waals surface area contributed by atoms with Gasteiger partial charge in [0.25, 0.3) is 0 Å². The number of halogens is 1. The maximum absolute atomic E-state index is 12.1. The topological polar surface area (TPSA) is 20.2 Å². The lowest BCUT2D eigenvalue weighted by Gasteiger charge is -2.38. The summed E-state index contributed by atoms with van der Waals surface area (Å²) in [6.45, 7) is 4.15. The Kier molecular flexibility index (Phi) is 4.86. The van der Waals surface area contributed by atoms with Crippen molar-refractivity contribution in [3.05, 3.63) is 0 Å². The van der Waals surface area contributed by atoms with Gasteiger partial charge >= 0.3 is 0 Å². The molecule has 1 fully saturated rings. The Morgan fingerprint density at radius 3 is 2.57 bits per heavy atom. The molecule has 1 rings (SSSR count). The predicted octanol–water partition coefficient (Wildman–Crippen LogP) is 3.17. The van der Waals surface area contributed by atoms with E-state index < -0.39 is 0 Å². The molecule has 0 spiro atoms. The fraction of sp³-hybridized carbons (Fsp3) is 1.00. The van der Waals surface area contributed by atoms with Crippen LogP contribution in [0, 0.1) is 17.8 Å². The van der Waals surface area contributed by atoms with Crippen molar-refractivity contribution < 1.29 is 9.50 Å². The molecule has 1 aliphatic rings. The molecular formula is C12H23FO. The molecule has 0 heterocycles. The largest absolute Gasteiger partial charge is 0.393 e. The second-order valence-corrected chi connectivity index (χ2v) is 4.79. The van der Waals surface area contributed by atoms with Crippen molar-refractivity contribution >= 4 is 0 Å². The summed E-state index contributed by atoms with van der Waals surface area (Å²) >= 11 is 0. The third-order valence-corrected chi connectivity index (χ3v) is 3.75. The lowest BCUT2D eigenvalue weighted by molar-refractivity contribution is 0.00578. The standard InChI is InChI=1S/C12H23FO/c1-3-10-7-9(2)11(5-4-6-13)12(14)8-10/h9-12,14H,3-8H2,1-2H3. The summed E-state index contributed by atoms with van der Waals surface area (Å²) in [6.07, 6.45) is 4.59. The van der Waals surface area contributed by atoms with Gasteiger partial charge in [0.2, 0.25) is 0 Å². The third kappa shape index (κ3) is 2.94. The number of rotatable bonds is 4. The molecule has 1 aliphatic carbocycles. The van der Waals surface area contributed by atoms with Crippen LogP contribution < -0.4 is 0 Å². The van der Waals surface area contributed by atoms with Gasteiger partial charge in [-0.25, -0.2) is 0 Å². The first-order valence-electron chi connectivity index (χ1n) is 5.93. The highest BCUT2D eigenvalue weighted by atomic mass is 19.1. The van der Waals surface area contributed by atoms with Crippen molar-refractivity contribution in [2.45, 2.75) is 52.1 Å². The molecule has 0 bridgehead atoms. The van der Waals surface area contributed by atoms with E-state index in [4.69, 9.17) is 0 Å². The highest BCUT2D eigenvalue weighted by Crippen LogP contribution is 2.37. The van der Waals surface area contributed by atoms with E-state index in [0.717, 1.165) is 19.3 Å². The molecule has 0 radical (unpaired) electrons. The number of aliphatic hydroxyl groups excluding tert-OH is 1. The Morgan fingerprint density at radius 1 is 1.36 bits per heavy atom. The van der Waals surface area contributed by atoms with E-state index in [-0.39, 0.29) is 12.8 Å². The van der Waals surface area contributed by atoms with Gasteiger partial charge in [-0.05, 0) is 43.4 Å². The third-order valence-electron chi connectivity index (χ3n) is 3.75. The molecule has 4 atom stereocenters. The smallest absolute Gasteiger partial charge is 0.0894 e. The molecule has 0 aromatic heterocycles. The van der Waals surface area contributed by atoms with Gasteiger partial charge in [0.15, 0.2) is 0 Å². The Bertz CT molecular complexity index is 148. The molecular weight excluding hydrogens is 179 g/mol. The Labute approximate surface area is 86.7 Å². The fourth-order valence-electron chi connectivity index (χ4n) is 2.82. The van der Waals surface area contributed by atoms with Crippen molar-refractivity contribution in [3.8, 4) is 0 Å². The van der Waals surface area contributed by atoms with E-state index >= 15 is 0 Å². The van der Waals surface area contributed by atoms with Crippen molar-refractivity contribution in [1.82, 2.24) is 0 Å². The monoisotopic (exact) mass is 202 g/mol. The highest BCUT2D eigenvalue weighted by Gasteiger charge is 2.33. The van der Waals surface area contributed by atoms with E-state index in [9.17, 15) is 9.50 Å². The molecule has 84 valence electrons. The molecule has 1 N–H and O–H groups in total. The summed E-state index contributed by atoms with van der Waals surface area (Å²) in [5.41, 5.74) is 0. The summed E-state index contributed by atoms with van der Waals surface area (Å²) in [5, 5.41) is 9.95. The van der Waals surface area contributed by atoms with Crippen molar-refractivity contribution in [1.29, 1.82) is 0 Å². The van der Waals surface area contributed by atoms with Gasteiger partial charge in [-0.2, -0.15) is 0 Å². The zero-order chi connectivity index (χ0) is 10.6. The number of aliphatic hydroxyl groups is 1. The first-order chi connectivity index (χ1) is 6.69. The average molecular weight is 202 g/mol. The molecule has 0 aliphatic heterocycles. The predicted molar refractivity (Wildman–Crippen MR) is 56.9 cm³/mol. The number of hydrogen-bond donors (Lipinski definition) is 1. The zero-order valence-electron chi connectivity index (χ0n) is 9.38. The molecule has 2 heteroatoms. The Hall–Kier alpha value is -0.110. The lowest BCUT2D eigenvalue weighted by Crippen LogP contribution is -2.35. The van der Waals surface area contributed by atoms with Gasteiger partial charge in [0.05, 0.1) is 12.8 Å². The zero-order valence-corrected chi connectivity index (χ0v) is 9.38. The average Bonchev–Trinajstić information content (AvgIpc) is 2.16. The van der Waals surface area contributed by atoms with E-state index in [1.165, 1.54) is 6.42 Å². The van der Waals surface area contributed by atoms with Crippen molar-refractivity contribution in [2.75, 3.05) is 6.67 Å². The normalized spacial score (nSPS) is 38.6. The summed E-state index contributed by atoms with van der Waals surface area (Å²) in [5.74, 6) is 1.59. The van der Waals surface area contributed by atoms with Gasteiger partial charge < -0.3 is 5.11 Å². The van der Waals surface area contributed by atoms with Gasteiger partial charge in [0, 0.05) is 0 Å². The highest BCUT2D eigenvalue weighted by molar-refractivity contribution is 4.83. The summed E-state index contributed by atoms with van der Waals surface area (Å²) in [4.78, 5) is 0. The maximum Gasteiger partial charge on any atom is 0.0894 e. The second-order valence-electron chi connectivity index (χ2n) is 4.79. The van der Waals surface area contributed by atoms with E-state index in [1.54, 1.807) is 0 Å². The minimum Gasteiger partial charge on any atom is -0.393 e. The van der Waals surface area contributed by atoms with Crippen LogP contribution in [-0.2, 0) is 0 Å². The van der Waals surface area contributed by atoms with E-state index in [0.29, 0.717) is 24.2 Å². The molecule has 0 saturated heterocycles. The minimum atomic E-state index is -0.243. The first-order valence-corrected chi connectivity index (χ1v) is 5.93. The summed E-state index contributed by atoms with van der Waals surface area (Å²) in [7, 11) is 0. The molecule has 14 heavy (non-hydrogen) atoms. The van der Waals surface area contributed by atoms with E-state index in [1.807, 2.05) is 0 Å². The van der Waals surface area contributed by atoms with Crippen LogP contribution in [0.2, 0.25) is 0 Å². The van der Waals surface area contributed by atoms with Gasteiger partial charge in [-0.15, -0.1) is 0 Å². The van der Waals surface area contributed by atoms with Gasteiger partial charge in [0.1, 0.15) is 0 Å². The molecule has 4 unspecified atom stereocenters. The second kappa shape index (κ2) is 5.69. The molecule has 0 amide bonds. The van der Waals surface area contributed by atoms with Crippen LogP contribution in [0.4, 0.5) is 4.39 Å². The molecule has 0 aromatic carbocycles. The van der Waals surface area contributed by atoms with Crippen LogP contribution in [0.15, 0.2) is 0 Å². The van der Waals surface area contributed by atoms with Crippen LogP contribution >= 0.6 is 0 Å². The van der Waals surface area contributed by atoms with Crippen molar-refractivity contribution in [2.24, 2.45) is 17.8 Å². The SMILES string of the molecule is CCC1CC(C)C(CCCF)C(O)C1. The van der Waals surface area contributed by atoms with Crippen molar-refractivity contribution in [3.63, 3.8) is 0 Å². The maximum atomic E-state index is 12.1. The van der Waals surface area contributed by atoms with E-state index in [2.05, 4.69) is 13.8 Å². The van der Waals surface area contributed by atoms with Crippen LogP contribution in [0.1, 0.15) is 46.0 Å². The summed E-state index contributed by atoms with van der Waals surface area (Å²) in [6, 6.07) is 0. The van der Waals surface area contributed by atoms with Crippen LogP contribution in [0.5, 0.6) is 0 Å². The molecule has 0 aromatic rings. The van der Waals surface area contributed by atoms with Gasteiger partial charge in [-0.1, -0.05) is 20.3 Å². The first kappa shape index (κ1) is 12.0. The fourth-order valence-corrected chi connectivity index (χ4v) is 2.82. The summed E-state index contributed by atoms with van der Waals surface area (Å²) < 4.78 is 12.1. The lowest BCUT2D eigenvalue weighted by atomic mass is 9.71. The van der Waals surface area contributed by atoms with Gasteiger partial charge in [-0.3, -0.25) is 4.39 Å². The molecule has 1 nitrogen and oxygen atoms in total. The van der Waals surface area contributed by atoms with Crippen LogP contribution in [0.3, 0.4) is 0 Å². The quantitative estimate of drug-likeness (QED) is 0.742. The minimum absolute atomic E-state index is 0.185. The van der Waals surface area contributed by atoms with Crippen LogP contribution in [0.25, 0.3) is 0 Å².